The first-order valence-corrected chi connectivity index (χ1v) is 4.17. The molecule has 0 saturated heterocycles. The molecule has 1 rings (SSSR count). The van der Waals surface area contributed by atoms with Crippen LogP contribution in [0.15, 0.2) is 12.3 Å². The summed E-state index contributed by atoms with van der Waals surface area (Å²) in [6, 6.07) is 0.740. The summed E-state index contributed by atoms with van der Waals surface area (Å²) in [4.78, 5) is 14.0. The molecule has 88 valence electrons. The number of methoxy groups -OCH3 is 1. The fraction of sp³-hybridized carbons (Fsp3) is 0.333. The van der Waals surface area contributed by atoms with Crippen LogP contribution < -0.4 is 4.74 Å². The summed E-state index contributed by atoms with van der Waals surface area (Å²) in [6.07, 6.45) is -4.31. The standard InChI is InChI=1S/C9H8F3NO3/c1-16-8-5(9(10,11)12)2-3-13-6(8)4-7(14)15/h2-3H,4H2,1H3,(H,14,15). The maximum atomic E-state index is 12.5. The molecule has 0 unspecified atom stereocenters. The lowest BCUT2D eigenvalue weighted by molar-refractivity contribution is -0.140. The Morgan fingerprint density at radius 3 is 2.62 bits per heavy atom. The van der Waals surface area contributed by atoms with Crippen molar-refractivity contribution in [2.75, 3.05) is 7.11 Å². The number of alkyl halides is 3. The summed E-state index contributed by atoms with van der Waals surface area (Å²) >= 11 is 0. The number of carboxylic acid groups (broad SMARTS) is 1. The molecule has 0 aromatic carbocycles. The van der Waals surface area contributed by atoms with Crippen LogP contribution in [0.25, 0.3) is 0 Å². The summed E-state index contributed by atoms with van der Waals surface area (Å²) in [5.74, 6) is -1.82. The minimum Gasteiger partial charge on any atom is -0.494 e. The number of aliphatic carboxylic acids is 1. The Bertz CT molecular complexity index is 403. The summed E-state index contributed by atoms with van der Waals surface area (Å²) < 4.78 is 42.1. The molecule has 1 heterocycles. The summed E-state index contributed by atoms with van der Waals surface area (Å²) in [6.45, 7) is 0. The van der Waals surface area contributed by atoms with Crippen LogP contribution in [0.3, 0.4) is 0 Å². The van der Waals surface area contributed by atoms with Crippen molar-refractivity contribution in [2.24, 2.45) is 0 Å². The van der Waals surface area contributed by atoms with Gasteiger partial charge in [-0.1, -0.05) is 0 Å². The predicted molar refractivity (Wildman–Crippen MR) is 47.1 cm³/mol. The van der Waals surface area contributed by atoms with Crippen LogP contribution in [-0.4, -0.2) is 23.2 Å². The van der Waals surface area contributed by atoms with Gasteiger partial charge in [0.15, 0.2) is 5.75 Å². The number of halogens is 3. The highest BCUT2D eigenvalue weighted by molar-refractivity contribution is 5.70. The van der Waals surface area contributed by atoms with Crippen LogP contribution in [0.5, 0.6) is 5.75 Å². The van der Waals surface area contributed by atoms with Crippen molar-refractivity contribution in [2.45, 2.75) is 12.6 Å². The fourth-order valence-corrected chi connectivity index (χ4v) is 1.21. The molecule has 4 nitrogen and oxygen atoms in total. The largest absolute Gasteiger partial charge is 0.494 e. The van der Waals surface area contributed by atoms with Gasteiger partial charge in [-0.05, 0) is 6.07 Å². The normalized spacial score (nSPS) is 11.2. The van der Waals surface area contributed by atoms with Crippen molar-refractivity contribution in [3.8, 4) is 5.75 Å². The Kier molecular flexibility index (Phi) is 3.36. The molecule has 0 bridgehead atoms. The Labute approximate surface area is 88.7 Å². The van der Waals surface area contributed by atoms with Crippen LogP contribution >= 0.6 is 0 Å². The van der Waals surface area contributed by atoms with Gasteiger partial charge in [-0.25, -0.2) is 0 Å². The highest BCUT2D eigenvalue weighted by Crippen LogP contribution is 2.37. The van der Waals surface area contributed by atoms with E-state index in [1.807, 2.05) is 0 Å². The Balaban J connectivity index is 3.26. The molecule has 0 aliphatic heterocycles. The lowest BCUT2D eigenvalue weighted by Gasteiger charge is -2.13. The number of ether oxygens (including phenoxy) is 1. The van der Waals surface area contributed by atoms with Gasteiger partial charge in [0.05, 0.1) is 19.2 Å². The monoisotopic (exact) mass is 235 g/mol. The van der Waals surface area contributed by atoms with E-state index in [1.54, 1.807) is 0 Å². The van der Waals surface area contributed by atoms with E-state index in [0.29, 0.717) is 0 Å². The summed E-state index contributed by atoms with van der Waals surface area (Å²) in [7, 11) is 1.04. The summed E-state index contributed by atoms with van der Waals surface area (Å²) in [5, 5.41) is 8.50. The van der Waals surface area contributed by atoms with Gasteiger partial charge in [0, 0.05) is 6.20 Å². The minimum absolute atomic E-state index is 0.246. The lowest BCUT2D eigenvalue weighted by Crippen LogP contribution is -2.12. The third kappa shape index (κ3) is 2.62. The number of carbonyl (C=O) groups is 1. The number of rotatable bonds is 3. The second-order valence-electron chi connectivity index (χ2n) is 2.91. The molecule has 0 amide bonds. The topological polar surface area (TPSA) is 59.4 Å². The smallest absolute Gasteiger partial charge is 0.420 e. The maximum absolute atomic E-state index is 12.5. The molecule has 7 heteroatoms. The Morgan fingerprint density at radius 1 is 1.56 bits per heavy atom. The molecule has 0 fully saturated rings. The van der Waals surface area contributed by atoms with Crippen molar-refractivity contribution in [1.82, 2.24) is 4.98 Å². The molecule has 1 N–H and O–H groups in total. The average Bonchev–Trinajstić information content (AvgIpc) is 2.15. The van der Waals surface area contributed by atoms with Crippen LogP contribution in [0.4, 0.5) is 13.2 Å². The second-order valence-corrected chi connectivity index (χ2v) is 2.91. The van der Waals surface area contributed by atoms with E-state index in [2.05, 4.69) is 9.72 Å². The predicted octanol–water partition coefficient (Wildman–Crippen LogP) is 1.74. The molecular weight excluding hydrogens is 227 g/mol. The van der Waals surface area contributed by atoms with Crippen LogP contribution in [0.1, 0.15) is 11.3 Å². The first-order valence-electron chi connectivity index (χ1n) is 4.17. The third-order valence-corrected chi connectivity index (χ3v) is 1.81. The van der Waals surface area contributed by atoms with Gasteiger partial charge in [-0.15, -0.1) is 0 Å². The van der Waals surface area contributed by atoms with Crippen molar-refractivity contribution < 1.29 is 27.8 Å². The third-order valence-electron chi connectivity index (χ3n) is 1.81. The molecule has 1 aromatic heterocycles. The number of aromatic nitrogens is 1. The number of nitrogens with zero attached hydrogens (tertiary/aromatic N) is 1. The minimum atomic E-state index is -4.60. The number of hydrogen-bond acceptors (Lipinski definition) is 3. The molecule has 16 heavy (non-hydrogen) atoms. The van der Waals surface area contributed by atoms with Gasteiger partial charge < -0.3 is 9.84 Å². The second kappa shape index (κ2) is 4.38. The van der Waals surface area contributed by atoms with Gasteiger partial charge in [0.25, 0.3) is 0 Å². The Morgan fingerprint density at radius 2 is 2.19 bits per heavy atom. The fourth-order valence-electron chi connectivity index (χ4n) is 1.21. The van der Waals surface area contributed by atoms with E-state index in [-0.39, 0.29) is 5.69 Å². The van der Waals surface area contributed by atoms with Crippen LogP contribution in [0.2, 0.25) is 0 Å². The number of hydrogen-bond donors (Lipinski definition) is 1. The van der Waals surface area contributed by atoms with Crippen LogP contribution in [0, 0.1) is 0 Å². The highest BCUT2D eigenvalue weighted by atomic mass is 19.4. The van der Waals surface area contributed by atoms with Crippen LogP contribution in [-0.2, 0) is 17.4 Å². The lowest BCUT2D eigenvalue weighted by atomic mass is 10.1. The van der Waals surface area contributed by atoms with E-state index < -0.39 is 29.9 Å². The average molecular weight is 235 g/mol. The van der Waals surface area contributed by atoms with E-state index in [4.69, 9.17) is 5.11 Å². The van der Waals surface area contributed by atoms with Crippen molar-refractivity contribution >= 4 is 5.97 Å². The molecule has 0 saturated carbocycles. The summed E-state index contributed by atoms with van der Waals surface area (Å²) in [5.41, 5.74) is -1.27. The molecular formula is C9H8F3NO3. The molecule has 0 radical (unpaired) electrons. The zero-order chi connectivity index (χ0) is 12.3. The van der Waals surface area contributed by atoms with Gasteiger partial charge in [0.1, 0.15) is 5.56 Å². The zero-order valence-electron chi connectivity index (χ0n) is 8.21. The van der Waals surface area contributed by atoms with Crippen molar-refractivity contribution in [3.05, 3.63) is 23.5 Å². The number of pyridine rings is 1. The van der Waals surface area contributed by atoms with Gasteiger partial charge in [0.2, 0.25) is 0 Å². The maximum Gasteiger partial charge on any atom is 0.420 e. The number of carboxylic acids is 1. The first kappa shape index (κ1) is 12.3. The molecule has 1 aromatic rings. The van der Waals surface area contributed by atoms with Gasteiger partial charge in [-0.3, -0.25) is 9.78 Å². The zero-order valence-corrected chi connectivity index (χ0v) is 8.21. The van der Waals surface area contributed by atoms with Gasteiger partial charge >= 0.3 is 12.1 Å². The highest BCUT2D eigenvalue weighted by Gasteiger charge is 2.35. The molecule has 0 spiro atoms. The van der Waals surface area contributed by atoms with E-state index in [0.717, 1.165) is 19.4 Å². The van der Waals surface area contributed by atoms with Crippen molar-refractivity contribution in [3.63, 3.8) is 0 Å². The van der Waals surface area contributed by atoms with Gasteiger partial charge in [-0.2, -0.15) is 13.2 Å². The Hall–Kier alpha value is -1.79. The van der Waals surface area contributed by atoms with Crippen molar-refractivity contribution in [1.29, 1.82) is 0 Å². The quantitative estimate of drug-likeness (QED) is 0.866. The molecule has 0 aliphatic carbocycles. The SMILES string of the molecule is COc1c(C(F)(F)F)ccnc1CC(=O)O. The van der Waals surface area contributed by atoms with E-state index in [9.17, 15) is 18.0 Å². The first-order chi connectivity index (χ1) is 7.36. The van der Waals surface area contributed by atoms with E-state index >= 15 is 0 Å². The van der Waals surface area contributed by atoms with E-state index in [1.165, 1.54) is 0 Å². The molecule has 0 aliphatic rings. The molecule has 0 atom stereocenters.